The number of anilines is 2. The van der Waals surface area contributed by atoms with Crippen LogP contribution in [0.2, 0.25) is 0 Å². The highest BCUT2D eigenvalue weighted by Crippen LogP contribution is 2.28. The van der Waals surface area contributed by atoms with E-state index in [0.29, 0.717) is 0 Å². The Morgan fingerprint density at radius 2 is 2.19 bits per heavy atom. The third-order valence-electron chi connectivity index (χ3n) is 2.99. The van der Waals surface area contributed by atoms with Gasteiger partial charge in [0.05, 0.1) is 11.0 Å². The lowest BCUT2D eigenvalue weighted by Crippen LogP contribution is -2.15. The number of hydrogen-bond acceptors (Lipinski definition) is 8. The van der Waals surface area contributed by atoms with Gasteiger partial charge in [-0.3, -0.25) is 15.5 Å². The van der Waals surface area contributed by atoms with E-state index in [2.05, 4.69) is 20.7 Å². The molecule has 0 aliphatic carbocycles. The average molecular weight is 292 g/mol. The monoisotopic (exact) mass is 292 g/mol. The summed E-state index contributed by atoms with van der Waals surface area (Å²) in [6, 6.07) is 1.66. The molecule has 0 bridgehead atoms. The number of aromatic nitrogens is 2. The summed E-state index contributed by atoms with van der Waals surface area (Å²) in [5.41, 5.74) is 2.94. The van der Waals surface area contributed by atoms with Crippen LogP contribution in [0.3, 0.4) is 0 Å². The van der Waals surface area contributed by atoms with E-state index in [0.717, 1.165) is 23.3 Å². The molecule has 2 heterocycles. The third kappa shape index (κ3) is 3.08. The molecule has 0 amide bonds. The summed E-state index contributed by atoms with van der Waals surface area (Å²) in [7, 11) is 0. The van der Waals surface area contributed by atoms with Crippen LogP contribution in [-0.4, -0.2) is 14.9 Å². The van der Waals surface area contributed by atoms with Gasteiger partial charge in [-0.05, 0) is 26.8 Å². The number of hydrogen-bond donors (Lipinski definition) is 3. The third-order valence-corrected chi connectivity index (χ3v) is 2.99. The molecule has 0 radical (unpaired) electrons. The van der Waals surface area contributed by atoms with E-state index in [1.54, 1.807) is 0 Å². The van der Waals surface area contributed by atoms with Crippen molar-refractivity contribution in [3.05, 3.63) is 39.5 Å². The first kappa shape index (κ1) is 14.7. The molecule has 9 heteroatoms. The Kier molecular flexibility index (Phi) is 4.03. The van der Waals surface area contributed by atoms with Gasteiger partial charge in [0, 0.05) is 5.56 Å². The number of nitrogens with zero attached hydrogens (tertiary/aromatic N) is 3. The van der Waals surface area contributed by atoms with E-state index in [1.165, 1.54) is 0 Å². The zero-order chi connectivity index (χ0) is 15.6. The van der Waals surface area contributed by atoms with Gasteiger partial charge in [0.15, 0.2) is 0 Å². The number of nitrogens with one attached hydrogen (secondary N) is 2. The largest absolute Gasteiger partial charge is 0.466 e. The summed E-state index contributed by atoms with van der Waals surface area (Å²) in [6.07, 6.45) is 1.10. The maximum Gasteiger partial charge on any atom is 0.329 e. The summed E-state index contributed by atoms with van der Waals surface area (Å²) in [4.78, 5) is 18.2. The standard InChI is InChI=1S/C12H16N6O3/c1-6-4-9(8(3)21-6)7(2)15-11-10(18(19)20)5-14-12(16-11)17-13/h4-5,7H,13H2,1-3H3,(H2,14,15,16,17). The number of nitrogens with two attached hydrogens (primary N) is 1. The Labute approximate surface area is 120 Å². The van der Waals surface area contributed by atoms with E-state index >= 15 is 0 Å². The first-order chi connectivity index (χ1) is 9.92. The number of nitro groups is 1. The fraction of sp³-hybridized carbons (Fsp3) is 0.333. The zero-order valence-electron chi connectivity index (χ0n) is 11.9. The molecule has 0 saturated heterocycles. The summed E-state index contributed by atoms with van der Waals surface area (Å²) in [5, 5.41) is 14.0. The SMILES string of the molecule is Cc1cc(C(C)Nc2nc(NN)ncc2[N+](=O)[O-])c(C)o1. The quantitative estimate of drug-likeness (QED) is 0.433. The van der Waals surface area contributed by atoms with E-state index in [-0.39, 0.29) is 23.5 Å². The molecule has 21 heavy (non-hydrogen) atoms. The van der Waals surface area contributed by atoms with Gasteiger partial charge in [-0.1, -0.05) is 0 Å². The van der Waals surface area contributed by atoms with Crippen LogP contribution in [0.1, 0.15) is 30.0 Å². The van der Waals surface area contributed by atoms with Crippen molar-refractivity contribution < 1.29 is 9.34 Å². The second-order valence-electron chi connectivity index (χ2n) is 4.56. The van der Waals surface area contributed by atoms with Crippen molar-refractivity contribution in [2.75, 3.05) is 10.7 Å². The summed E-state index contributed by atoms with van der Waals surface area (Å²) >= 11 is 0. The lowest BCUT2D eigenvalue weighted by Gasteiger charge is -2.14. The normalized spacial score (nSPS) is 12.0. The molecular formula is C12H16N6O3. The molecule has 0 spiro atoms. The molecule has 2 rings (SSSR count). The van der Waals surface area contributed by atoms with Gasteiger partial charge in [-0.25, -0.2) is 10.8 Å². The zero-order valence-corrected chi connectivity index (χ0v) is 11.9. The number of nitrogen functional groups attached to an aromatic ring is 1. The molecule has 0 aliphatic rings. The Hall–Kier alpha value is -2.68. The molecule has 9 nitrogen and oxygen atoms in total. The van der Waals surface area contributed by atoms with Crippen LogP contribution in [0.5, 0.6) is 0 Å². The lowest BCUT2D eigenvalue weighted by atomic mass is 10.1. The molecule has 1 unspecified atom stereocenters. The maximum absolute atomic E-state index is 11.0. The van der Waals surface area contributed by atoms with Crippen LogP contribution in [0.15, 0.2) is 16.7 Å². The second kappa shape index (κ2) is 5.75. The molecule has 0 saturated carbocycles. The molecule has 2 aromatic heterocycles. The van der Waals surface area contributed by atoms with Crippen molar-refractivity contribution >= 4 is 17.5 Å². The van der Waals surface area contributed by atoms with E-state index in [9.17, 15) is 10.1 Å². The van der Waals surface area contributed by atoms with Crippen LogP contribution >= 0.6 is 0 Å². The van der Waals surface area contributed by atoms with Gasteiger partial charge in [-0.2, -0.15) is 4.98 Å². The van der Waals surface area contributed by atoms with Crippen molar-refractivity contribution in [3.63, 3.8) is 0 Å². The minimum Gasteiger partial charge on any atom is -0.466 e. The smallest absolute Gasteiger partial charge is 0.329 e. The van der Waals surface area contributed by atoms with Crippen LogP contribution in [0, 0.1) is 24.0 Å². The lowest BCUT2D eigenvalue weighted by molar-refractivity contribution is -0.384. The van der Waals surface area contributed by atoms with Gasteiger partial charge in [0.25, 0.3) is 0 Å². The topological polar surface area (TPSA) is 132 Å². The van der Waals surface area contributed by atoms with Crippen molar-refractivity contribution in [1.29, 1.82) is 0 Å². The number of aryl methyl sites for hydroxylation is 2. The minimum absolute atomic E-state index is 0.0914. The molecule has 1 atom stereocenters. The van der Waals surface area contributed by atoms with E-state index in [4.69, 9.17) is 10.3 Å². The Morgan fingerprint density at radius 1 is 1.48 bits per heavy atom. The summed E-state index contributed by atoms with van der Waals surface area (Å²) in [6.45, 7) is 5.53. The van der Waals surface area contributed by atoms with Crippen molar-refractivity contribution in [2.24, 2.45) is 5.84 Å². The van der Waals surface area contributed by atoms with Crippen molar-refractivity contribution in [3.8, 4) is 0 Å². The average Bonchev–Trinajstić information content (AvgIpc) is 2.77. The van der Waals surface area contributed by atoms with Gasteiger partial charge < -0.3 is 9.73 Å². The Morgan fingerprint density at radius 3 is 2.71 bits per heavy atom. The molecule has 112 valence electrons. The predicted octanol–water partition coefficient (Wildman–Crippen LogP) is 2.05. The van der Waals surface area contributed by atoms with Crippen LogP contribution in [0.25, 0.3) is 0 Å². The van der Waals surface area contributed by atoms with E-state index in [1.807, 2.05) is 26.8 Å². The first-order valence-electron chi connectivity index (χ1n) is 6.24. The maximum atomic E-state index is 11.0. The molecule has 0 aliphatic heterocycles. The fourth-order valence-electron chi connectivity index (χ4n) is 2.05. The number of furan rings is 1. The first-order valence-corrected chi connectivity index (χ1v) is 6.24. The highest BCUT2D eigenvalue weighted by atomic mass is 16.6. The number of hydrazine groups is 1. The van der Waals surface area contributed by atoms with Gasteiger partial charge in [0.2, 0.25) is 11.8 Å². The molecule has 0 fully saturated rings. The van der Waals surface area contributed by atoms with Crippen molar-refractivity contribution in [2.45, 2.75) is 26.8 Å². The fourth-order valence-corrected chi connectivity index (χ4v) is 2.05. The summed E-state index contributed by atoms with van der Waals surface area (Å²) in [5.74, 6) is 6.94. The highest BCUT2D eigenvalue weighted by molar-refractivity contribution is 5.58. The Balaban J connectivity index is 2.33. The van der Waals surface area contributed by atoms with Gasteiger partial charge in [-0.15, -0.1) is 0 Å². The van der Waals surface area contributed by atoms with Crippen molar-refractivity contribution in [1.82, 2.24) is 9.97 Å². The predicted molar refractivity (Wildman–Crippen MR) is 76.7 cm³/mol. The molecule has 4 N–H and O–H groups in total. The van der Waals surface area contributed by atoms with Crippen LogP contribution in [-0.2, 0) is 0 Å². The Bertz CT molecular complexity index is 669. The minimum atomic E-state index is -0.553. The van der Waals surface area contributed by atoms with Crippen LogP contribution < -0.4 is 16.6 Å². The molecule has 0 aromatic carbocycles. The van der Waals surface area contributed by atoms with Crippen LogP contribution in [0.4, 0.5) is 17.5 Å². The van der Waals surface area contributed by atoms with Gasteiger partial charge in [0.1, 0.15) is 17.7 Å². The second-order valence-corrected chi connectivity index (χ2v) is 4.56. The molecule has 2 aromatic rings. The van der Waals surface area contributed by atoms with E-state index < -0.39 is 4.92 Å². The summed E-state index contributed by atoms with van der Waals surface area (Å²) < 4.78 is 5.46. The molecular weight excluding hydrogens is 276 g/mol. The van der Waals surface area contributed by atoms with Gasteiger partial charge >= 0.3 is 5.69 Å². The highest BCUT2D eigenvalue weighted by Gasteiger charge is 2.21. The number of rotatable bonds is 5.